The van der Waals surface area contributed by atoms with Gasteiger partial charge in [-0.05, 0) is 36.1 Å². The highest BCUT2D eigenvalue weighted by atomic mass is 32.1. The second kappa shape index (κ2) is 6.61. The predicted octanol–water partition coefficient (Wildman–Crippen LogP) is 4.68. The van der Waals surface area contributed by atoms with Gasteiger partial charge in [-0.1, -0.05) is 24.2 Å². The standard InChI is InChI=1S/C17H19F2NO2S/c1-9(8-23)11-4-5-12(13(6-11)17(18)19)15-14(7-21)16(22-20-15)10-2-3-10/h4-6,9-10,17,21,23H,2-3,7-8H2,1H3. The Morgan fingerprint density at radius 3 is 2.70 bits per heavy atom. The number of hydrogen-bond acceptors (Lipinski definition) is 4. The van der Waals surface area contributed by atoms with Gasteiger partial charge in [-0.3, -0.25) is 0 Å². The summed E-state index contributed by atoms with van der Waals surface area (Å²) in [7, 11) is 0. The first-order valence-corrected chi connectivity index (χ1v) is 8.32. The lowest BCUT2D eigenvalue weighted by Gasteiger charge is -2.14. The Bertz CT molecular complexity index is 698. The lowest BCUT2D eigenvalue weighted by molar-refractivity contribution is 0.152. The van der Waals surface area contributed by atoms with E-state index in [1.807, 2.05) is 13.0 Å². The van der Waals surface area contributed by atoms with Crippen molar-refractivity contribution < 1.29 is 18.4 Å². The number of rotatable bonds is 6. The minimum atomic E-state index is -2.62. The van der Waals surface area contributed by atoms with E-state index in [0.29, 0.717) is 28.3 Å². The molecule has 0 bridgehead atoms. The number of benzene rings is 1. The molecule has 23 heavy (non-hydrogen) atoms. The van der Waals surface area contributed by atoms with E-state index in [-0.39, 0.29) is 24.0 Å². The minimum Gasteiger partial charge on any atom is -0.391 e. The van der Waals surface area contributed by atoms with E-state index < -0.39 is 6.43 Å². The van der Waals surface area contributed by atoms with Gasteiger partial charge in [0.2, 0.25) is 0 Å². The SMILES string of the molecule is CC(CS)c1ccc(-c2noc(C3CC3)c2CO)c(C(F)F)c1. The molecule has 0 aliphatic heterocycles. The first-order valence-electron chi connectivity index (χ1n) is 7.69. The van der Waals surface area contributed by atoms with E-state index in [2.05, 4.69) is 17.8 Å². The summed E-state index contributed by atoms with van der Waals surface area (Å²) in [5.41, 5.74) is 1.92. The van der Waals surface area contributed by atoms with E-state index >= 15 is 0 Å². The van der Waals surface area contributed by atoms with Gasteiger partial charge in [0.25, 0.3) is 6.43 Å². The number of aromatic nitrogens is 1. The number of nitrogens with zero attached hydrogens (tertiary/aromatic N) is 1. The van der Waals surface area contributed by atoms with Crippen molar-refractivity contribution in [2.24, 2.45) is 0 Å². The van der Waals surface area contributed by atoms with Gasteiger partial charge in [-0.2, -0.15) is 12.6 Å². The second-order valence-electron chi connectivity index (χ2n) is 6.04. The molecule has 0 amide bonds. The third-order valence-corrected chi connectivity index (χ3v) is 4.88. The fourth-order valence-corrected chi connectivity index (χ4v) is 2.95. The molecule has 1 aliphatic rings. The first kappa shape index (κ1) is 16.5. The number of alkyl halides is 2. The monoisotopic (exact) mass is 339 g/mol. The molecule has 1 fully saturated rings. The van der Waals surface area contributed by atoms with Crippen molar-refractivity contribution in [3.63, 3.8) is 0 Å². The minimum absolute atomic E-state index is 0.0820. The number of thiol groups is 1. The van der Waals surface area contributed by atoms with Crippen LogP contribution in [-0.4, -0.2) is 16.0 Å². The molecule has 1 atom stereocenters. The summed E-state index contributed by atoms with van der Waals surface area (Å²) in [6.45, 7) is 1.68. The quantitative estimate of drug-likeness (QED) is 0.751. The molecule has 3 rings (SSSR count). The van der Waals surface area contributed by atoms with Crippen LogP contribution in [0.15, 0.2) is 22.7 Å². The predicted molar refractivity (Wildman–Crippen MR) is 87.1 cm³/mol. The van der Waals surface area contributed by atoms with Gasteiger partial charge < -0.3 is 9.63 Å². The average molecular weight is 339 g/mol. The Morgan fingerprint density at radius 2 is 2.13 bits per heavy atom. The molecular weight excluding hydrogens is 320 g/mol. The fraction of sp³-hybridized carbons (Fsp3) is 0.471. The van der Waals surface area contributed by atoms with E-state index in [1.54, 1.807) is 6.07 Å². The number of aliphatic hydroxyl groups excluding tert-OH is 1. The Morgan fingerprint density at radius 1 is 1.39 bits per heavy atom. The zero-order valence-corrected chi connectivity index (χ0v) is 13.7. The Balaban J connectivity index is 2.08. The highest BCUT2D eigenvalue weighted by Crippen LogP contribution is 2.45. The van der Waals surface area contributed by atoms with Crippen molar-refractivity contribution in [1.29, 1.82) is 0 Å². The molecular formula is C17H19F2NO2S. The van der Waals surface area contributed by atoms with Gasteiger partial charge in [0.1, 0.15) is 11.5 Å². The third-order valence-electron chi connectivity index (χ3n) is 4.33. The van der Waals surface area contributed by atoms with Crippen LogP contribution in [0.4, 0.5) is 8.78 Å². The van der Waals surface area contributed by atoms with Crippen LogP contribution in [0.25, 0.3) is 11.3 Å². The first-order chi connectivity index (χ1) is 11.1. The number of hydrogen-bond donors (Lipinski definition) is 2. The summed E-state index contributed by atoms with van der Waals surface area (Å²) >= 11 is 4.23. The maximum Gasteiger partial charge on any atom is 0.264 e. The lowest BCUT2D eigenvalue weighted by Crippen LogP contribution is -2.00. The molecule has 6 heteroatoms. The van der Waals surface area contributed by atoms with Crippen LogP contribution in [0.5, 0.6) is 0 Å². The van der Waals surface area contributed by atoms with Gasteiger partial charge >= 0.3 is 0 Å². The molecule has 1 aliphatic carbocycles. The van der Waals surface area contributed by atoms with Crippen LogP contribution in [0, 0.1) is 0 Å². The van der Waals surface area contributed by atoms with Crippen molar-refractivity contribution in [1.82, 2.24) is 5.16 Å². The van der Waals surface area contributed by atoms with Gasteiger partial charge in [0, 0.05) is 22.6 Å². The van der Waals surface area contributed by atoms with E-state index in [1.165, 1.54) is 6.07 Å². The van der Waals surface area contributed by atoms with E-state index in [0.717, 1.165) is 18.4 Å². The van der Waals surface area contributed by atoms with Gasteiger partial charge in [0.15, 0.2) is 0 Å². The largest absolute Gasteiger partial charge is 0.391 e. The summed E-state index contributed by atoms with van der Waals surface area (Å²) in [4.78, 5) is 0. The molecule has 1 saturated carbocycles. The summed E-state index contributed by atoms with van der Waals surface area (Å²) in [5, 5.41) is 13.6. The molecule has 2 aromatic rings. The normalized spacial score (nSPS) is 16.1. The molecule has 1 aromatic carbocycles. The summed E-state index contributed by atoms with van der Waals surface area (Å²) in [6, 6.07) is 4.96. The lowest BCUT2D eigenvalue weighted by atomic mass is 9.94. The number of aliphatic hydroxyl groups is 1. The summed E-state index contributed by atoms with van der Waals surface area (Å²) in [5.74, 6) is 1.56. The van der Waals surface area contributed by atoms with Crippen LogP contribution >= 0.6 is 12.6 Å². The van der Waals surface area contributed by atoms with Crippen LogP contribution in [0.2, 0.25) is 0 Å². The smallest absolute Gasteiger partial charge is 0.264 e. The molecule has 1 aromatic heterocycles. The molecule has 0 radical (unpaired) electrons. The van der Waals surface area contributed by atoms with Crippen molar-refractivity contribution >= 4 is 12.6 Å². The second-order valence-corrected chi connectivity index (χ2v) is 6.40. The van der Waals surface area contributed by atoms with Crippen LogP contribution < -0.4 is 0 Å². The Labute approximate surface area is 139 Å². The van der Waals surface area contributed by atoms with Crippen molar-refractivity contribution in [3.05, 3.63) is 40.6 Å². The van der Waals surface area contributed by atoms with Crippen LogP contribution in [0.3, 0.4) is 0 Å². The Kier molecular flexibility index (Phi) is 4.73. The zero-order valence-electron chi connectivity index (χ0n) is 12.8. The molecule has 1 heterocycles. The Hall–Kier alpha value is -1.40. The maximum absolute atomic E-state index is 13.5. The zero-order chi connectivity index (χ0) is 16.6. The highest BCUT2D eigenvalue weighted by molar-refractivity contribution is 7.80. The van der Waals surface area contributed by atoms with Gasteiger partial charge in [-0.25, -0.2) is 8.78 Å². The molecule has 124 valence electrons. The maximum atomic E-state index is 13.5. The molecule has 1 unspecified atom stereocenters. The van der Waals surface area contributed by atoms with E-state index in [4.69, 9.17) is 4.52 Å². The molecule has 3 nitrogen and oxygen atoms in total. The van der Waals surface area contributed by atoms with Crippen molar-refractivity contribution in [2.45, 2.75) is 44.6 Å². The summed E-state index contributed by atoms with van der Waals surface area (Å²) in [6.07, 6.45) is -0.645. The van der Waals surface area contributed by atoms with Gasteiger partial charge in [0.05, 0.1) is 6.61 Å². The van der Waals surface area contributed by atoms with Gasteiger partial charge in [-0.15, -0.1) is 0 Å². The molecule has 1 N–H and O–H groups in total. The molecule has 0 saturated heterocycles. The van der Waals surface area contributed by atoms with Crippen LogP contribution in [-0.2, 0) is 6.61 Å². The molecule has 0 spiro atoms. The highest BCUT2D eigenvalue weighted by Gasteiger charge is 2.33. The van der Waals surface area contributed by atoms with Crippen molar-refractivity contribution in [2.75, 3.05) is 5.75 Å². The number of halogens is 2. The topological polar surface area (TPSA) is 46.3 Å². The third kappa shape index (κ3) is 3.15. The van der Waals surface area contributed by atoms with E-state index in [9.17, 15) is 13.9 Å². The summed E-state index contributed by atoms with van der Waals surface area (Å²) < 4.78 is 32.4. The fourth-order valence-electron chi connectivity index (χ4n) is 2.74. The van der Waals surface area contributed by atoms with Crippen LogP contribution in [0.1, 0.15) is 60.5 Å². The van der Waals surface area contributed by atoms with Crippen molar-refractivity contribution in [3.8, 4) is 11.3 Å². The average Bonchev–Trinajstić information content (AvgIpc) is 3.32.